The molecule has 17 heavy (non-hydrogen) atoms. The van der Waals surface area contributed by atoms with Crippen molar-refractivity contribution in [1.82, 2.24) is 4.90 Å². The van der Waals surface area contributed by atoms with Crippen molar-refractivity contribution in [3.63, 3.8) is 0 Å². The lowest BCUT2D eigenvalue weighted by molar-refractivity contribution is -0.0272. The van der Waals surface area contributed by atoms with Crippen LogP contribution in [-0.2, 0) is 11.3 Å². The molecule has 1 fully saturated rings. The van der Waals surface area contributed by atoms with Gasteiger partial charge in [0.05, 0.1) is 24.3 Å². The van der Waals surface area contributed by atoms with Gasteiger partial charge in [-0.15, -0.1) is 11.3 Å². The molecule has 1 N–H and O–H groups in total. The van der Waals surface area contributed by atoms with E-state index in [1.807, 2.05) is 18.4 Å². The first-order valence-corrected chi connectivity index (χ1v) is 7.14. The van der Waals surface area contributed by atoms with E-state index in [0.29, 0.717) is 12.6 Å². The minimum atomic E-state index is -0.289. The summed E-state index contributed by atoms with van der Waals surface area (Å²) in [4.78, 5) is 3.55. The molecule has 3 nitrogen and oxygen atoms in total. The van der Waals surface area contributed by atoms with Gasteiger partial charge in [-0.1, -0.05) is 11.6 Å². The second-order valence-electron chi connectivity index (χ2n) is 4.48. The lowest BCUT2D eigenvalue weighted by Crippen LogP contribution is -2.46. The molecule has 1 saturated heterocycles. The Morgan fingerprint density at radius 1 is 1.71 bits per heavy atom. The van der Waals surface area contributed by atoms with Gasteiger partial charge in [-0.05, 0) is 24.8 Å². The molecule has 1 aliphatic heterocycles. The summed E-state index contributed by atoms with van der Waals surface area (Å²) in [6.45, 7) is 5.06. The Morgan fingerprint density at radius 3 is 3.18 bits per heavy atom. The van der Waals surface area contributed by atoms with Crippen molar-refractivity contribution in [2.75, 3.05) is 19.8 Å². The van der Waals surface area contributed by atoms with E-state index in [-0.39, 0.29) is 6.10 Å². The summed E-state index contributed by atoms with van der Waals surface area (Å²) in [5.41, 5.74) is 0. The van der Waals surface area contributed by atoms with Crippen LogP contribution in [0.1, 0.15) is 18.2 Å². The van der Waals surface area contributed by atoms with Gasteiger partial charge in [0, 0.05) is 24.0 Å². The van der Waals surface area contributed by atoms with Crippen molar-refractivity contribution in [3.05, 3.63) is 21.3 Å². The van der Waals surface area contributed by atoms with Crippen LogP contribution in [0.2, 0.25) is 5.02 Å². The summed E-state index contributed by atoms with van der Waals surface area (Å²) in [6.07, 6.45) is 0.464. The monoisotopic (exact) mass is 275 g/mol. The molecule has 2 unspecified atom stereocenters. The van der Waals surface area contributed by atoms with E-state index < -0.39 is 0 Å². The van der Waals surface area contributed by atoms with Crippen LogP contribution >= 0.6 is 22.9 Å². The Labute approximate surface area is 111 Å². The number of hydrogen-bond donors (Lipinski definition) is 1. The Bertz CT molecular complexity index is 356. The predicted molar refractivity (Wildman–Crippen MR) is 70.6 cm³/mol. The SMILES string of the molecule is CC(O)CC1COCCN1Cc1sccc1Cl. The van der Waals surface area contributed by atoms with Gasteiger partial charge in [0.15, 0.2) is 0 Å². The molecule has 0 radical (unpaired) electrons. The van der Waals surface area contributed by atoms with Crippen LogP contribution < -0.4 is 0 Å². The van der Waals surface area contributed by atoms with Gasteiger partial charge in [-0.3, -0.25) is 4.90 Å². The second kappa shape index (κ2) is 6.16. The van der Waals surface area contributed by atoms with Crippen LogP contribution in [0.25, 0.3) is 0 Å². The number of rotatable bonds is 4. The molecule has 5 heteroatoms. The third kappa shape index (κ3) is 3.66. The normalized spacial score (nSPS) is 23.8. The van der Waals surface area contributed by atoms with Gasteiger partial charge in [-0.2, -0.15) is 0 Å². The average Bonchev–Trinajstić information content (AvgIpc) is 2.67. The molecule has 0 aromatic carbocycles. The smallest absolute Gasteiger partial charge is 0.0623 e. The van der Waals surface area contributed by atoms with Crippen molar-refractivity contribution in [2.45, 2.75) is 32.0 Å². The number of thiophene rings is 1. The fourth-order valence-electron chi connectivity index (χ4n) is 2.13. The first-order valence-electron chi connectivity index (χ1n) is 5.88. The fourth-order valence-corrected chi connectivity index (χ4v) is 3.25. The summed E-state index contributed by atoms with van der Waals surface area (Å²) in [5, 5.41) is 12.4. The van der Waals surface area contributed by atoms with E-state index >= 15 is 0 Å². The zero-order chi connectivity index (χ0) is 12.3. The maximum Gasteiger partial charge on any atom is 0.0623 e. The zero-order valence-electron chi connectivity index (χ0n) is 9.93. The van der Waals surface area contributed by atoms with Crippen molar-refractivity contribution in [3.8, 4) is 0 Å². The molecule has 96 valence electrons. The first kappa shape index (κ1) is 13.3. The van der Waals surface area contributed by atoms with Crippen molar-refractivity contribution >= 4 is 22.9 Å². The fraction of sp³-hybridized carbons (Fsp3) is 0.667. The topological polar surface area (TPSA) is 32.7 Å². The minimum Gasteiger partial charge on any atom is -0.393 e. The van der Waals surface area contributed by atoms with Crippen LogP contribution in [-0.4, -0.2) is 41.9 Å². The van der Waals surface area contributed by atoms with Gasteiger partial charge in [0.2, 0.25) is 0 Å². The van der Waals surface area contributed by atoms with Gasteiger partial charge in [-0.25, -0.2) is 0 Å². The van der Waals surface area contributed by atoms with Crippen LogP contribution in [0.3, 0.4) is 0 Å². The summed E-state index contributed by atoms with van der Waals surface area (Å²) in [7, 11) is 0. The number of ether oxygens (including phenoxy) is 1. The molecule has 1 aromatic heterocycles. The van der Waals surface area contributed by atoms with E-state index in [2.05, 4.69) is 4.90 Å². The highest BCUT2D eigenvalue weighted by atomic mass is 35.5. The molecule has 2 heterocycles. The second-order valence-corrected chi connectivity index (χ2v) is 5.88. The number of hydrogen-bond acceptors (Lipinski definition) is 4. The van der Waals surface area contributed by atoms with E-state index in [4.69, 9.17) is 16.3 Å². The Kier molecular flexibility index (Phi) is 4.82. The molecule has 1 aliphatic rings. The molecule has 0 spiro atoms. The number of aliphatic hydroxyl groups is 1. The Balaban J connectivity index is 1.99. The van der Waals surface area contributed by atoms with Gasteiger partial charge in [0.1, 0.15) is 0 Å². The van der Waals surface area contributed by atoms with Crippen LogP contribution in [0.4, 0.5) is 0 Å². The molecule has 0 bridgehead atoms. The Morgan fingerprint density at radius 2 is 2.53 bits per heavy atom. The quantitative estimate of drug-likeness (QED) is 0.916. The van der Waals surface area contributed by atoms with Crippen molar-refractivity contribution in [2.24, 2.45) is 0 Å². The largest absolute Gasteiger partial charge is 0.393 e. The molecular weight excluding hydrogens is 258 g/mol. The summed E-state index contributed by atoms with van der Waals surface area (Å²) >= 11 is 7.80. The number of halogens is 1. The van der Waals surface area contributed by atoms with Crippen LogP contribution in [0.15, 0.2) is 11.4 Å². The summed E-state index contributed by atoms with van der Waals surface area (Å²) < 4.78 is 5.48. The standard InChI is InChI=1S/C12H18ClNO2S/c1-9(15)6-10-8-16-4-3-14(10)7-12-11(13)2-5-17-12/h2,5,9-10,15H,3-4,6-8H2,1H3. The number of morpholine rings is 1. The lowest BCUT2D eigenvalue weighted by atomic mass is 10.1. The van der Waals surface area contributed by atoms with E-state index in [0.717, 1.165) is 31.1 Å². The third-order valence-electron chi connectivity index (χ3n) is 3.00. The maximum absolute atomic E-state index is 9.50. The predicted octanol–water partition coefficient (Wildman–Crippen LogP) is 2.37. The van der Waals surface area contributed by atoms with E-state index in [9.17, 15) is 5.11 Å². The van der Waals surface area contributed by atoms with Crippen molar-refractivity contribution in [1.29, 1.82) is 0 Å². The molecule has 0 aliphatic carbocycles. The highest BCUT2D eigenvalue weighted by molar-refractivity contribution is 7.10. The van der Waals surface area contributed by atoms with E-state index in [1.165, 1.54) is 4.88 Å². The zero-order valence-corrected chi connectivity index (χ0v) is 11.5. The molecule has 2 rings (SSSR count). The van der Waals surface area contributed by atoms with Crippen LogP contribution in [0.5, 0.6) is 0 Å². The van der Waals surface area contributed by atoms with Gasteiger partial charge < -0.3 is 9.84 Å². The first-order chi connectivity index (χ1) is 8.16. The van der Waals surface area contributed by atoms with E-state index in [1.54, 1.807) is 11.3 Å². The number of aliphatic hydroxyl groups excluding tert-OH is 1. The highest BCUT2D eigenvalue weighted by Crippen LogP contribution is 2.25. The maximum atomic E-state index is 9.50. The van der Waals surface area contributed by atoms with Gasteiger partial charge >= 0.3 is 0 Å². The highest BCUT2D eigenvalue weighted by Gasteiger charge is 2.25. The molecule has 2 atom stereocenters. The lowest BCUT2D eigenvalue weighted by Gasteiger charge is -2.36. The van der Waals surface area contributed by atoms with Gasteiger partial charge in [0.25, 0.3) is 0 Å². The molecule has 0 amide bonds. The number of nitrogens with zero attached hydrogens (tertiary/aromatic N) is 1. The Hall–Kier alpha value is -0.130. The molecule has 0 saturated carbocycles. The molecule has 1 aromatic rings. The summed E-state index contributed by atoms with van der Waals surface area (Å²) in [6, 6.07) is 2.23. The van der Waals surface area contributed by atoms with Crippen LogP contribution in [0, 0.1) is 0 Å². The average molecular weight is 276 g/mol. The molecular formula is C12H18ClNO2S. The van der Waals surface area contributed by atoms with Crippen molar-refractivity contribution < 1.29 is 9.84 Å². The third-order valence-corrected chi connectivity index (χ3v) is 4.37. The minimum absolute atomic E-state index is 0.289. The summed E-state index contributed by atoms with van der Waals surface area (Å²) in [5.74, 6) is 0.